The third-order valence-corrected chi connectivity index (χ3v) is 3.79. The Labute approximate surface area is 115 Å². The molecule has 7 heteroatoms. The number of rotatable bonds is 6. The Bertz CT molecular complexity index is 455. The number of nitrogens with zero attached hydrogens (tertiary/aromatic N) is 2. The average Bonchev–Trinajstić information content (AvgIpc) is 2.97. The molecular formula is C12H17N3O3S. The van der Waals surface area contributed by atoms with E-state index in [9.17, 15) is 9.59 Å². The van der Waals surface area contributed by atoms with E-state index in [2.05, 4.69) is 15.2 Å². The number of carbonyl (C=O) groups excluding carboxylic acids is 1. The van der Waals surface area contributed by atoms with Crippen LogP contribution in [0.3, 0.4) is 0 Å². The lowest BCUT2D eigenvalue weighted by Gasteiger charge is -2.13. The van der Waals surface area contributed by atoms with Crippen LogP contribution in [0, 0.1) is 0 Å². The van der Waals surface area contributed by atoms with Crippen molar-refractivity contribution < 1.29 is 14.7 Å². The van der Waals surface area contributed by atoms with E-state index >= 15 is 0 Å². The first-order valence-electron chi connectivity index (χ1n) is 6.32. The first-order chi connectivity index (χ1) is 9.13. The summed E-state index contributed by atoms with van der Waals surface area (Å²) in [6.07, 6.45) is 2.77. The summed E-state index contributed by atoms with van der Waals surface area (Å²) < 4.78 is 0. The van der Waals surface area contributed by atoms with E-state index < -0.39 is 5.97 Å². The number of carbonyl (C=O) groups is 2. The number of nitrogens with one attached hydrogen (secondary N) is 1. The van der Waals surface area contributed by atoms with Crippen LogP contribution >= 0.6 is 11.3 Å². The van der Waals surface area contributed by atoms with E-state index in [1.165, 1.54) is 24.2 Å². The Balaban J connectivity index is 1.74. The molecule has 0 radical (unpaired) electrons. The monoisotopic (exact) mass is 283 g/mol. The summed E-state index contributed by atoms with van der Waals surface area (Å²) in [5.74, 6) is -0.986. The minimum atomic E-state index is -0.919. The lowest BCUT2D eigenvalue weighted by molar-refractivity contribution is -0.136. The molecule has 1 saturated heterocycles. The van der Waals surface area contributed by atoms with Gasteiger partial charge in [0.2, 0.25) is 5.91 Å². The molecule has 0 saturated carbocycles. The molecule has 1 amide bonds. The van der Waals surface area contributed by atoms with Crippen molar-refractivity contribution in [2.75, 3.05) is 25.0 Å². The highest BCUT2D eigenvalue weighted by Crippen LogP contribution is 2.16. The van der Waals surface area contributed by atoms with Gasteiger partial charge in [-0.2, -0.15) is 0 Å². The van der Waals surface area contributed by atoms with Crippen molar-refractivity contribution in [1.82, 2.24) is 9.88 Å². The predicted molar refractivity (Wildman–Crippen MR) is 72.4 cm³/mol. The van der Waals surface area contributed by atoms with Crippen molar-refractivity contribution in [3.8, 4) is 0 Å². The van der Waals surface area contributed by atoms with Gasteiger partial charge in [-0.25, -0.2) is 4.98 Å². The molecule has 1 fully saturated rings. The van der Waals surface area contributed by atoms with E-state index in [-0.39, 0.29) is 12.3 Å². The van der Waals surface area contributed by atoms with Crippen molar-refractivity contribution in [1.29, 1.82) is 0 Å². The zero-order valence-electron chi connectivity index (χ0n) is 10.6. The van der Waals surface area contributed by atoms with Crippen LogP contribution in [-0.2, 0) is 16.0 Å². The maximum Gasteiger partial charge on any atom is 0.309 e. The molecule has 2 N–H and O–H groups in total. The summed E-state index contributed by atoms with van der Waals surface area (Å²) in [5, 5.41) is 13.5. The number of anilines is 1. The van der Waals surface area contributed by atoms with Gasteiger partial charge in [-0.1, -0.05) is 0 Å². The topological polar surface area (TPSA) is 82.5 Å². The van der Waals surface area contributed by atoms with Gasteiger partial charge in [0, 0.05) is 18.3 Å². The summed E-state index contributed by atoms with van der Waals surface area (Å²) in [7, 11) is 0. The molecule has 1 aliphatic rings. The fourth-order valence-electron chi connectivity index (χ4n) is 2.05. The number of hydrogen-bond donors (Lipinski definition) is 2. The Kier molecular flexibility index (Phi) is 4.86. The van der Waals surface area contributed by atoms with Gasteiger partial charge in [-0.05, 0) is 25.9 Å². The van der Waals surface area contributed by atoms with Crippen molar-refractivity contribution in [2.24, 2.45) is 0 Å². The van der Waals surface area contributed by atoms with Crippen LogP contribution in [0.15, 0.2) is 5.38 Å². The summed E-state index contributed by atoms with van der Waals surface area (Å²) in [6.45, 7) is 2.93. The second-order valence-electron chi connectivity index (χ2n) is 4.56. The normalized spacial score (nSPS) is 15.6. The minimum Gasteiger partial charge on any atom is -0.481 e. The predicted octanol–water partition coefficient (Wildman–Crippen LogP) is 1.19. The Hall–Kier alpha value is -1.47. The van der Waals surface area contributed by atoms with E-state index in [1.807, 2.05) is 0 Å². The third-order valence-electron chi connectivity index (χ3n) is 2.98. The molecule has 6 nitrogen and oxygen atoms in total. The molecule has 2 heterocycles. The van der Waals surface area contributed by atoms with Crippen LogP contribution in [-0.4, -0.2) is 46.5 Å². The molecule has 0 aromatic carbocycles. The number of carboxylic acid groups (broad SMARTS) is 1. The van der Waals surface area contributed by atoms with Crippen molar-refractivity contribution in [3.05, 3.63) is 11.1 Å². The van der Waals surface area contributed by atoms with Crippen LogP contribution in [0.4, 0.5) is 5.13 Å². The van der Waals surface area contributed by atoms with E-state index in [0.29, 0.717) is 17.2 Å². The standard InChI is InChI=1S/C12H17N3O3S/c16-10(3-6-15-4-1-2-5-15)14-12-13-9(8-19-12)7-11(17)18/h8H,1-7H2,(H,17,18)(H,13,14,16). The molecule has 2 rings (SSSR count). The minimum absolute atomic E-state index is 0.0666. The van der Waals surface area contributed by atoms with Gasteiger partial charge in [0.15, 0.2) is 5.13 Å². The quantitative estimate of drug-likeness (QED) is 0.819. The molecule has 1 aromatic rings. The maximum absolute atomic E-state index is 11.7. The summed E-state index contributed by atoms with van der Waals surface area (Å²) in [5.41, 5.74) is 0.479. The number of aliphatic carboxylic acids is 1. The van der Waals surface area contributed by atoms with Gasteiger partial charge in [0.05, 0.1) is 12.1 Å². The van der Waals surface area contributed by atoms with Crippen LogP contribution in [0.5, 0.6) is 0 Å². The fraction of sp³-hybridized carbons (Fsp3) is 0.583. The summed E-state index contributed by atoms with van der Waals surface area (Å²) >= 11 is 1.26. The zero-order valence-corrected chi connectivity index (χ0v) is 11.4. The Morgan fingerprint density at radius 3 is 2.84 bits per heavy atom. The average molecular weight is 283 g/mol. The second kappa shape index (κ2) is 6.63. The molecule has 19 heavy (non-hydrogen) atoms. The van der Waals surface area contributed by atoms with Crippen LogP contribution < -0.4 is 5.32 Å². The van der Waals surface area contributed by atoms with Gasteiger partial charge in [-0.15, -0.1) is 11.3 Å². The van der Waals surface area contributed by atoms with E-state index in [4.69, 9.17) is 5.11 Å². The van der Waals surface area contributed by atoms with E-state index in [0.717, 1.165) is 19.6 Å². The molecule has 0 unspecified atom stereocenters. The second-order valence-corrected chi connectivity index (χ2v) is 5.42. The van der Waals surface area contributed by atoms with Crippen LogP contribution in [0.25, 0.3) is 0 Å². The fourth-order valence-corrected chi connectivity index (χ4v) is 2.77. The molecule has 0 spiro atoms. The lowest BCUT2D eigenvalue weighted by atomic mass is 10.3. The number of likely N-dealkylation sites (tertiary alicyclic amines) is 1. The number of thiazole rings is 1. The summed E-state index contributed by atoms with van der Waals surface area (Å²) in [4.78, 5) is 28.6. The smallest absolute Gasteiger partial charge is 0.309 e. The SMILES string of the molecule is O=C(O)Cc1csc(NC(=O)CCN2CCCC2)n1. The Morgan fingerprint density at radius 2 is 2.16 bits per heavy atom. The molecule has 104 valence electrons. The van der Waals surface area contributed by atoms with Crippen LogP contribution in [0.2, 0.25) is 0 Å². The molecule has 0 bridgehead atoms. The first-order valence-corrected chi connectivity index (χ1v) is 7.20. The van der Waals surface area contributed by atoms with Crippen molar-refractivity contribution >= 4 is 28.3 Å². The molecule has 1 aromatic heterocycles. The number of amides is 1. The van der Waals surface area contributed by atoms with Gasteiger partial charge < -0.3 is 15.3 Å². The van der Waals surface area contributed by atoms with E-state index in [1.54, 1.807) is 5.38 Å². The van der Waals surface area contributed by atoms with Gasteiger partial charge in [0.1, 0.15) is 0 Å². The highest BCUT2D eigenvalue weighted by molar-refractivity contribution is 7.13. The first kappa shape index (κ1) is 14.0. The van der Waals surface area contributed by atoms with Crippen molar-refractivity contribution in [2.45, 2.75) is 25.7 Å². The highest BCUT2D eigenvalue weighted by atomic mass is 32.1. The zero-order chi connectivity index (χ0) is 13.7. The third kappa shape index (κ3) is 4.60. The Morgan fingerprint density at radius 1 is 1.42 bits per heavy atom. The number of carboxylic acids is 1. The molecule has 0 atom stereocenters. The number of hydrogen-bond acceptors (Lipinski definition) is 5. The van der Waals surface area contributed by atoms with Crippen LogP contribution in [0.1, 0.15) is 25.0 Å². The van der Waals surface area contributed by atoms with Crippen molar-refractivity contribution in [3.63, 3.8) is 0 Å². The molecule has 0 aliphatic carbocycles. The molecule has 1 aliphatic heterocycles. The maximum atomic E-state index is 11.7. The lowest BCUT2D eigenvalue weighted by Crippen LogP contribution is -2.25. The summed E-state index contributed by atoms with van der Waals surface area (Å²) in [6, 6.07) is 0. The van der Waals surface area contributed by atoms with Gasteiger partial charge in [0.25, 0.3) is 0 Å². The molecular weight excluding hydrogens is 266 g/mol. The van der Waals surface area contributed by atoms with Gasteiger partial charge in [-0.3, -0.25) is 9.59 Å². The van der Waals surface area contributed by atoms with Gasteiger partial charge >= 0.3 is 5.97 Å². The highest BCUT2D eigenvalue weighted by Gasteiger charge is 2.14. The number of aromatic nitrogens is 1. The largest absolute Gasteiger partial charge is 0.481 e.